The van der Waals surface area contributed by atoms with Gasteiger partial charge < -0.3 is 9.88 Å². The van der Waals surface area contributed by atoms with Crippen LogP contribution in [-0.2, 0) is 12.9 Å². The van der Waals surface area contributed by atoms with Crippen LogP contribution >= 0.6 is 0 Å². The van der Waals surface area contributed by atoms with E-state index in [-0.39, 0.29) is 10.5 Å². The van der Waals surface area contributed by atoms with Gasteiger partial charge in [-0.25, -0.2) is 9.67 Å². The SMILES string of the molecule is [2H]C([2H])([2H])N(C([2H])([2H])[2H])C([2H])([2H])C([2H])([2H])c1c[nH]c2ccc(Cn3cncn3)cc12. The van der Waals surface area contributed by atoms with Gasteiger partial charge in [0.15, 0.2) is 0 Å². The van der Waals surface area contributed by atoms with E-state index in [9.17, 15) is 0 Å². The van der Waals surface area contributed by atoms with Gasteiger partial charge in [0.25, 0.3) is 0 Å². The minimum Gasteiger partial charge on any atom is -0.361 e. The van der Waals surface area contributed by atoms with Crippen LogP contribution in [0.4, 0.5) is 0 Å². The molecule has 2 aromatic heterocycles. The summed E-state index contributed by atoms with van der Waals surface area (Å²) < 4.78 is 79.7. The van der Waals surface area contributed by atoms with E-state index >= 15 is 0 Å². The Hall–Kier alpha value is -2.14. The molecule has 0 bridgehead atoms. The first-order valence-corrected chi connectivity index (χ1v) is 5.89. The van der Waals surface area contributed by atoms with Gasteiger partial charge in [-0.3, -0.25) is 0 Å². The van der Waals surface area contributed by atoms with Crippen LogP contribution in [0.15, 0.2) is 37.1 Å². The van der Waals surface area contributed by atoms with Crippen LogP contribution in [-0.4, -0.2) is 45.1 Å². The molecule has 0 atom stereocenters. The molecule has 1 N–H and O–H groups in total. The lowest BCUT2D eigenvalue weighted by atomic mass is 10.1. The molecule has 0 unspecified atom stereocenters. The van der Waals surface area contributed by atoms with E-state index in [1.807, 2.05) is 0 Å². The van der Waals surface area contributed by atoms with Gasteiger partial charge in [-0.15, -0.1) is 0 Å². The molecule has 2 heterocycles. The predicted molar refractivity (Wildman–Crippen MR) is 79.7 cm³/mol. The Labute approximate surface area is 132 Å². The maximum absolute atomic E-state index is 8.43. The largest absolute Gasteiger partial charge is 0.361 e. The number of aryl methyl sites for hydroxylation is 1. The second-order valence-corrected chi connectivity index (χ2v) is 4.25. The highest BCUT2D eigenvalue weighted by Crippen LogP contribution is 2.21. The van der Waals surface area contributed by atoms with Gasteiger partial charge in [-0.2, -0.15) is 5.10 Å². The van der Waals surface area contributed by atoms with Crippen LogP contribution in [0.3, 0.4) is 0 Å². The van der Waals surface area contributed by atoms with Crippen molar-refractivity contribution in [2.75, 3.05) is 20.4 Å². The Morgan fingerprint density at radius 1 is 1.45 bits per heavy atom. The van der Waals surface area contributed by atoms with Gasteiger partial charge in [0.05, 0.1) is 6.54 Å². The molecule has 0 saturated carbocycles. The van der Waals surface area contributed by atoms with Crippen molar-refractivity contribution in [2.24, 2.45) is 0 Å². The second-order valence-electron chi connectivity index (χ2n) is 4.25. The van der Waals surface area contributed by atoms with Gasteiger partial charge >= 0.3 is 0 Å². The number of nitrogens with zero attached hydrogens (tertiary/aromatic N) is 4. The third-order valence-corrected chi connectivity index (χ3v) is 2.86. The molecule has 5 nitrogen and oxygen atoms in total. The number of likely N-dealkylation sites (N-methyl/N-ethyl adjacent to an activating group) is 1. The minimum absolute atomic E-state index is 0.193. The third-order valence-electron chi connectivity index (χ3n) is 2.86. The molecule has 0 radical (unpaired) electrons. The first-order valence-electron chi connectivity index (χ1n) is 10.9. The summed E-state index contributed by atoms with van der Waals surface area (Å²) in [6.07, 6.45) is 1.11. The Bertz CT molecular complexity index is 1000. The van der Waals surface area contributed by atoms with E-state index in [1.165, 1.54) is 18.9 Å². The second kappa shape index (κ2) is 5.46. The van der Waals surface area contributed by atoms with E-state index in [0.717, 1.165) is 0 Å². The fourth-order valence-electron chi connectivity index (χ4n) is 1.99. The van der Waals surface area contributed by atoms with Gasteiger partial charge in [-0.1, -0.05) is 6.07 Å². The van der Waals surface area contributed by atoms with Gasteiger partial charge in [0.2, 0.25) is 0 Å². The lowest BCUT2D eigenvalue weighted by Gasteiger charge is -2.08. The predicted octanol–water partition coefficient (Wildman–Crippen LogP) is 1.91. The summed E-state index contributed by atoms with van der Waals surface area (Å²) in [6, 6.07) is 5.06. The average Bonchev–Trinajstić information content (AvgIpc) is 3.20. The number of fused-ring (bicyclic) bond motifs is 1. The molecule has 0 aliphatic heterocycles. The molecule has 104 valence electrons. The first kappa shape index (κ1) is 5.69. The molecule has 1 aromatic carbocycles. The van der Waals surface area contributed by atoms with Crippen molar-refractivity contribution in [2.45, 2.75) is 12.9 Å². The molecular weight excluding hydrogens is 250 g/mol. The number of nitrogens with one attached hydrogen (secondary N) is 1. The van der Waals surface area contributed by atoms with E-state index in [2.05, 4.69) is 15.1 Å². The highest BCUT2D eigenvalue weighted by Gasteiger charge is 2.06. The molecule has 20 heavy (non-hydrogen) atoms. The van der Waals surface area contributed by atoms with Crippen molar-refractivity contribution in [3.8, 4) is 0 Å². The Balaban J connectivity index is 2.10. The maximum Gasteiger partial charge on any atom is 0.137 e. The van der Waals surface area contributed by atoms with Gasteiger partial charge in [-0.05, 0) is 43.6 Å². The van der Waals surface area contributed by atoms with Crippen LogP contribution in [0.5, 0.6) is 0 Å². The van der Waals surface area contributed by atoms with Crippen molar-refractivity contribution < 1.29 is 13.7 Å². The Morgan fingerprint density at radius 2 is 2.40 bits per heavy atom. The van der Waals surface area contributed by atoms with Gasteiger partial charge in [0.1, 0.15) is 12.7 Å². The van der Waals surface area contributed by atoms with Crippen LogP contribution in [0.2, 0.25) is 0 Å². The number of hydrogen-bond acceptors (Lipinski definition) is 3. The monoisotopic (exact) mass is 279 g/mol. The smallest absolute Gasteiger partial charge is 0.137 e. The summed E-state index contributed by atoms with van der Waals surface area (Å²) in [6.45, 7) is -9.85. The molecule has 5 heteroatoms. The normalized spacial score (nSPS) is 21.6. The van der Waals surface area contributed by atoms with Crippen molar-refractivity contribution in [1.82, 2.24) is 24.6 Å². The zero-order valence-corrected chi connectivity index (χ0v) is 10.5. The average molecular weight is 279 g/mol. The standard InChI is InChI=1S/C15H19N5/c1-19(2)6-5-13-8-17-15-4-3-12(7-14(13)15)9-20-11-16-10-18-20/h3-4,7-8,10-11,17H,5-6,9H2,1-2H3/i1D3,2D3,5D2,6D2. The lowest BCUT2D eigenvalue weighted by Crippen LogP contribution is -2.14. The summed E-state index contributed by atoms with van der Waals surface area (Å²) in [4.78, 5) is 6.31. The molecule has 0 saturated heterocycles. The molecule has 0 spiro atoms. The minimum atomic E-state index is -3.40. The van der Waals surface area contributed by atoms with Gasteiger partial charge in [0, 0.05) is 37.3 Å². The summed E-state index contributed by atoms with van der Waals surface area (Å²) in [5, 5.41) is 4.30. The number of rotatable bonds is 5. The van der Waals surface area contributed by atoms with Crippen LogP contribution in [0.25, 0.3) is 10.9 Å². The first-order chi connectivity index (χ1) is 13.7. The number of hydrogen-bond donors (Lipinski definition) is 1. The molecule has 0 amide bonds. The highest BCUT2D eigenvalue weighted by atomic mass is 15.3. The van der Waals surface area contributed by atoms with Crippen molar-refractivity contribution in [1.29, 1.82) is 0 Å². The summed E-state index contributed by atoms with van der Waals surface area (Å²) in [7, 11) is 0. The molecule has 0 aliphatic carbocycles. The van der Waals surface area contributed by atoms with Crippen LogP contribution < -0.4 is 0 Å². The zero-order valence-electron chi connectivity index (χ0n) is 20.5. The maximum atomic E-state index is 8.43. The summed E-state index contributed by atoms with van der Waals surface area (Å²) >= 11 is 0. The highest BCUT2D eigenvalue weighted by molar-refractivity contribution is 5.83. The van der Waals surface area contributed by atoms with E-state index < -0.39 is 26.8 Å². The number of aromatic nitrogens is 4. The Kier molecular flexibility index (Phi) is 1.56. The lowest BCUT2D eigenvalue weighted by molar-refractivity contribution is 0.414. The fourth-order valence-corrected chi connectivity index (χ4v) is 1.99. The topological polar surface area (TPSA) is 49.7 Å². The number of benzene rings is 1. The third kappa shape index (κ3) is 2.72. The summed E-state index contributed by atoms with van der Waals surface area (Å²) in [5.74, 6) is 0. The molecule has 0 fully saturated rings. The quantitative estimate of drug-likeness (QED) is 0.776. The van der Waals surface area contributed by atoms with E-state index in [1.54, 1.807) is 22.9 Å². The molecule has 0 aliphatic rings. The van der Waals surface area contributed by atoms with Crippen LogP contribution in [0, 0.1) is 0 Å². The fraction of sp³-hybridized carbons (Fsp3) is 0.333. The zero-order chi connectivity index (χ0) is 22.5. The van der Waals surface area contributed by atoms with Crippen molar-refractivity contribution in [3.05, 3.63) is 48.2 Å². The van der Waals surface area contributed by atoms with Crippen LogP contribution in [0.1, 0.15) is 24.8 Å². The van der Waals surface area contributed by atoms with E-state index in [0.29, 0.717) is 23.0 Å². The van der Waals surface area contributed by atoms with E-state index in [4.69, 9.17) is 13.7 Å². The van der Waals surface area contributed by atoms with Crippen molar-refractivity contribution >= 4 is 10.9 Å². The molecular formula is C15H19N5. The van der Waals surface area contributed by atoms with Crippen molar-refractivity contribution in [3.63, 3.8) is 0 Å². The summed E-state index contributed by atoms with van der Waals surface area (Å²) in [5.41, 5.74) is 1.01. The Morgan fingerprint density at radius 3 is 3.20 bits per heavy atom. The number of aromatic amines is 1. The molecule has 3 aromatic rings. The molecule has 3 rings (SSSR count). The number of H-pyrrole nitrogens is 1.